The molecule has 3 aromatic heterocycles. The van der Waals surface area contributed by atoms with E-state index in [0.29, 0.717) is 52.7 Å². The molecule has 5 N–H and O–H groups in total. The number of hydrogen-bond acceptors (Lipinski definition) is 7. The molecule has 0 atom stereocenters. The van der Waals surface area contributed by atoms with Crippen molar-refractivity contribution >= 4 is 40.3 Å². The molecule has 2 amide bonds. The van der Waals surface area contributed by atoms with Crippen molar-refractivity contribution < 1.29 is 4.79 Å². The van der Waals surface area contributed by atoms with E-state index in [1.807, 2.05) is 50.2 Å². The molecule has 0 saturated carbocycles. The maximum Gasteiger partial charge on any atom is 0.319 e. The summed E-state index contributed by atoms with van der Waals surface area (Å²) in [5.41, 5.74) is 8.77. The number of anilines is 4. The van der Waals surface area contributed by atoms with Gasteiger partial charge in [-0.05, 0) is 49.2 Å². The van der Waals surface area contributed by atoms with Gasteiger partial charge in [-0.15, -0.1) is 0 Å². The highest BCUT2D eigenvalue weighted by atomic mass is 16.2. The van der Waals surface area contributed by atoms with E-state index in [4.69, 9.17) is 5.73 Å². The fraction of sp³-hybridized carbons (Fsp3) is 0.227. The van der Waals surface area contributed by atoms with Crippen molar-refractivity contribution in [2.75, 3.05) is 22.9 Å². The highest BCUT2D eigenvalue weighted by molar-refractivity contribution is 5.89. The summed E-state index contributed by atoms with van der Waals surface area (Å²) >= 11 is 0. The van der Waals surface area contributed by atoms with Crippen LogP contribution in [-0.2, 0) is 0 Å². The van der Waals surface area contributed by atoms with E-state index in [1.54, 1.807) is 23.8 Å². The van der Waals surface area contributed by atoms with E-state index in [-0.39, 0.29) is 6.03 Å². The van der Waals surface area contributed by atoms with Crippen molar-refractivity contribution in [3.05, 3.63) is 54.5 Å². The Morgan fingerprint density at radius 1 is 1.09 bits per heavy atom. The Bertz CT molecular complexity index is 1230. The van der Waals surface area contributed by atoms with Gasteiger partial charge in [-0.25, -0.2) is 29.3 Å². The number of rotatable bonds is 6. The molecule has 0 radical (unpaired) electrons. The minimum Gasteiger partial charge on any atom is -0.384 e. The Morgan fingerprint density at radius 2 is 1.84 bits per heavy atom. The molecule has 10 nitrogen and oxygen atoms in total. The van der Waals surface area contributed by atoms with Gasteiger partial charge in [-0.2, -0.15) is 0 Å². The third kappa shape index (κ3) is 4.75. The molecule has 0 spiro atoms. The van der Waals surface area contributed by atoms with Gasteiger partial charge >= 0.3 is 6.03 Å². The number of carbonyl (C=O) groups is 1. The third-order valence-electron chi connectivity index (χ3n) is 4.56. The van der Waals surface area contributed by atoms with Crippen LogP contribution in [-0.4, -0.2) is 37.1 Å². The Kier molecular flexibility index (Phi) is 5.84. The second-order valence-electron chi connectivity index (χ2n) is 7.75. The fourth-order valence-electron chi connectivity index (χ4n) is 3.14. The van der Waals surface area contributed by atoms with Crippen LogP contribution in [0.4, 0.5) is 27.9 Å². The molecule has 10 heteroatoms. The zero-order valence-electron chi connectivity index (χ0n) is 18.1. The fourth-order valence-corrected chi connectivity index (χ4v) is 3.14. The number of fused-ring (bicyclic) bond motifs is 1. The van der Waals surface area contributed by atoms with Crippen molar-refractivity contribution in [1.82, 2.24) is 29.8 Å². The first kappa shape index (κ1) is 21.0. The summed E-state index contributed by atoms with van der Waals surface area (Å²) < 4.78 is 1.80. The molecule has 4 rings (SSSR count). The zero-order valence-corrected chi connectivity index (χ0v) is 18.1. The number of nitrogen functional groups attached to an aromatic ring is 1. The highest BCUT2D eigenvalue weighted by Gasteiger charge is 2.16. The number of benzene rings is 1. The van der Waals surface area contributed by atoms with Crippen LogP contribution in [0.25, 0.3) is 17.0 Å². The Balaban J connectivity index is 1.60. The van der Waals surface area contributed by atoms with Gasteiger partial charge in [-0.3, -0.25) is 0 Å². The van der Waals surface area contributed by atoms with Crippen molar-refractivity contribution in [2.45, 2.75) is 20.8 Å². The number of imidazole rings is 1. The lowest BCUT2D eigenvalue weighted by molar-refractivity contribution is 0.251. The van der Waals surface area contributed by atoms with Gasteiger partial charge in [0, 0.05) is 30.2 Å². The molecular formula is C22H25N9O. The lowest BCUT2D eigenvalue weighted by Gasteiger charge is -2.12. The Labute approximate surface area is 185 Å². The van der Waals surface area contributed by atoms with Gasteiger partial charge in [0.1, 0.15) is 23.0 Å². The minimum atomic E-state index is -0.232. The van der Waals surface area contributed by atoms with E-state index >= 15 is 0 Å². The molecular weight excluding hydrogens is 406 g/mol. The maximum atomic E-state index is 12.0. The smallest absolute Gasteiger partial charge is 0.319 e. The van der Waals surface area contributed by atoms with Crippen LogP contribution in [0.5, 0.6) is 0 Å². The molecule has 0 aliphatic rings. The van der Waals surface area contributed by atoms with Gasteiger partial charge < -0.3 is 21.7 Å². The second-order valence-corrected chi connectivity index (χ2v) is 7.75. The number of nitrogens with zero attached hydrogens (tertiary/aromatic N) is 5. The number of nitrogens with two attached hydrogens (primary N) is 1. The van der Waals surface area contributed by atoms with E-state index in [0.717, 1.165) is 5.69 Å². The first-order chi connectivity index (χ1) is 15.4. The molecule has 0 aliphatic carbocycles. The molecule has 1 aromatic carbocycles. The molecule has 164 valence electrons. The molecule has 32 heavy (non-hydrogen) atoms. The summed E-state index contributed by atoms with van der Waals surface area (Å²) in [6.07, 6.45) is 1.70. The van der Waals surface area contributed by atoms with Crippen LogP contribution in [0.1, 0.15) is 19.7 Å². The van der Waals surface area contributed by atoms with Crippen LogP contribution in [0.15, 0.2) is 48.7 Å². The Morgan fingerprint density at radius 3 is 2.56 bits per heavy atom. The summed E-state index contributed by atoms with van der Waals surface area (Å²) in [5.74, 6) is 2.40. The molecule has 4 aromatic rings. The van der Waals surface area contributed by atoms with Crippen molar-refractivity contribution in [3.8, 4) is 5.82 Å². The van der Waals surface area contributed by atoms with Crippen LogP contribution in [0, 0.1) is 12.8 Å². The quantitative estimate of drug-likeness (QED) is 0.366. The maximum absolute atomic E-state index is 12.0. The van der Waals surface area contributed by atoms with Crippen LogP contribution >= 0.6 is 0 Å². The summed E-state index contributed by atoms with van der Waals surface area (Å²) in [7, 11) is 0. The van der Waals surface area contributed by atoms with Gasteiger partial charge in [0.25, 0.3) is 0 Å². The van der Waals surface area contributed by atoms with E-state index in [1.165, 1.54) is 0 Å². The van der Waals surface area contributed by atoms with E-state index < -0.39 is 0 Å². The number of pyridine rings is 1. The lowest BCUT2D eigenvalue weighted by Crippen LogP contribution is -2.31. The molecule has 0 saturated heterocycles. The number of carbonyl (C=O) groups excluding carboxylic acids is 1. The molecule has 0 bridgehead atoms. The number of hydrogen-bond donors (Lipinski definition) is 4. The van der Waals surface area contributed by atoms with Gasteiger partial charge in [0.2, 0.25) is 5.95 Å². The summed E-state index contributed by atoms with van der Waals surface area (Å²) in [6.45, 7) is 6.48. The number of aromatic nitrogens is 5. The second kappa shape index (κ2) is 8.88. The van der Waals surface area contributed by atoms with Crippen molar-refractivity contribution in [3.63, 3.8) is 0 Å². The average molecular weight is 432 g/mol. The van der Waals surface area contributed by atoms with E-state index in [2.05, 4.69) is 35.9 Å². The van der Waals surface area contributed by atoms with Crippen LogP contribution < -0.4 is 21.7 Å². The Hall–Kier alpha value is -4.21. The predicted octanol–water partition coefficient (Wildman–Crippen LogP) is 3.62. The number of urea groups is 1. The first-order valence-corrected chi connectivity index (χ1v) is 10.3. The molecule has 0 aliphatic heterocycles. The SMILES string of the molecule is Cc1nc(N)cc(-n2c(Nc3ccc(NC(=O)NCC(C)C)cc3)nc3cccnc32)n1. The average Bonchev–Trinajstić information content (AvgIpc) is 3.11. The number of amides is 2. The lowest BCUT2D eigenvalue weighted by atomic mass is 10.2. The zero-order chi connectivity index (χ0) is 22.7. The number of nitrogens with one attached hydrogen (secondary N) is 3. The normalized spacial score (nSPS) is 11.0. The van der Waals surface area contributed by atoms with Crippen LogP contribution in [0.2, 0.25) is 0 Å². The summed E-state index contributed by atoms with van der Waals surface area (Å²) in [6, 6.07) is 12.5. The third-order valence-corrected chi connectivity index (χ3v) is 4.56. The monoisotopic (exact) mass is 431 g/mol. The number of aryl methyl sites for hydroxylation is 1. The summed E-state index contributed by atoms with van der Waals surface area (Å²) in [4.78, 5) is 29.7. The highest BCUT2D eigenvalue weighted by Crippen LogP contribution is 2.26. The largest absolute Gasteiger partial charge is 0.384 e. The van der Waals surface area contributed by atoms with Crippen molar-refractivity contribution in [1.29, 1.82) is 0 Å². The van der Waals surface area contributed by atoms with Gasteiger partial charge in [0.05, 0.1) is 0 Å². The summed E-state index contributed by atoms with van der Waals surface area (Å²) in [5, 5.41) is 8.95. The van der Waals surface area contributed by atoms with Gasteiger partial charge in [0.15, 0.2) is 5.65 Å². The molecule has 0 unspecified atom stereocenters. The molecule has 3 heterocycles. The standard InChI is InChI=1S/C22H25N9O/c1-13(2)12-25-22(32)29-16-8-6-15(7-9-16)28-21-30-17-5-4-10-24-20(17)31(21)19-11-18(23)26-14(3)27-19/h4-11,13H,12H2,1-3H3,(H,28,30)(H2,23,26,27)(H2,25,29,32). The molecule has 0 fully saturated rings. The predicted molar refractivity (Wildman–Crippen MR) is 125 cm³/mol. The van der Waals surface area contributed by atoms with Crippen LogP contribution in [0.3, 0.4) is 0 Å². The van der Waals surface area contributed by atoms with E-state index in [9.17, 15) is 4.79 Å². The minimum absolute atomic E-state index is 0.232. The first-order valence-electron chi connectivity index (χ1n) is 10.3. The van der Waals surface area contributed by atoms with Crippen molar-refractivity contribution in [2.24, 2.45) is 5.92 Å². The topological polar surface area (TPSA) is 136 Å². The van der Waals surface area contributed by atoms with Gasteiger partial charge in [-0.1, -0.05) is 13.8 Å².